The van der Waals surface area contributed by atoms with Crippen LogP contribution in [-0.2, 0) is 13.1 Å². The van der Waals surface area contributed by atoms with E-state index in [-0.39, 0.29) is 11.8 Å². The van der Waals surface area contributed by atoms with Gasteiger partial charge in [-0.15, -0.1) is 0 Å². The van der Waals surface area contributed by atoms with E-state index in [0.29, 0.717) is 41.8 Å². The van der Waals surface area contributed by atoms with Crippen LogP contribution in [0.25, 0.3) is 0 Å². The van der Waals surface area contributed by atoms with Crippen molar-refractivity contribution in [2.75, 3.05) is 19.6 Å². The monoisotopic (exact) mass is 439 g/mol. The molecule has 2 aliphatic rings. The number of halogens is 1. The molecule has 0 aromatic heterocycles. The maximum atomic E-state index is 12.9. The van der Waals surface area contributed by atoms with E-state index >= 15 is 0 Å². The van der Waals surface area contributed by atoms with E-state index in [1.54, 1.807) is 11.0 Å². The molecule has 1 fully saturated rings. The van der Waals surface area contributed by atoms with Crippen LogP contribution in [0.15, 0.2) is 42.5 Å². The third kappa shape index (κ3) is 5.28. The minimum atomic E-state index is -0.115. The van der Waals surface area contributed by atoms with Crippen LogP contribution >= 0.6 is 11.6 Å². The number of carbonyl (C=O) groups is 2. The normalized spacial score (nSPS) is 18.8. The molecule has 2 heterocycles. The number of benzene rings is 2. The minimum Gasteiger partial charge on any atom is -0.352 e. The summed E-state index contributed by atoms with van der Waals surface area (Å²) in [7, 11) is 0. The Kier molecular flexibility index (Phi) is 6.93. The second-order valence-electron chi connectivity index (χ2n) is 8.65. The lowest BCUT2D eigenvalue weighted by Crippen LogP contribution is -2.39. The van der Waals surface area contributed by atoms with E-state index in [2.05, 4.69) is 17.1 Å². The van der Waals surface area contributed by atoms with Gasteiger partial charge in [0.15, 0.2) is 0 Å². The molecule has 1 atom stereocenters. The Bertz CT molecular complexity index is 962. The molecule has 5 nitrogen and oxygen atoms in total. The molecule has 1 N–H and O–H groups in total. The summed E-state index contributed by atoms with van der Waals surface area (Å²) in [6.07, 6.45) is 4.80. The summed E-state index contributed by atoms with van der Waals surface area (Å²) in [5.74, 6) is -0.153. The average molecular weight is 440 g/mol. The number of rotatable bonds is 7. The molecular formula is C25H30ClN3O2. The number of carbonyl (C=O) groups excluding carboxylic acids is 2. The number of nitrogens with one attached hydrogen (secondary N) is 1. The number of hydrogen-bond acceptors (Lipinski definition) is 3. The summed E-state index contributed by atoms with van der Waals surface area (Å²) in [6, 6.07) is 13.6. The van der Waals surface area contributed by atoms with E-state index in [0.717, 1.165) is 30.6 Å². The Labute approximate surface area is 189 Å². The Morgan fingerprint density at radius 2 is 2.06 bits per heavy atom. The molecule has 1 saturated heterocycles. The first-order valence-electron chi connectivity index (χ1n) is 11.2. The largest absolute Gasteiger partial charge is 0.352 e. The van der Waals surface area contributed by atoms with Crippen molar-refractivity contribution in [3.63, 3.8) is 0 Å². The fourth-order valence-electron chi connectivity index (χ4n) is 4.56. The molecule has 6 heteroatoms. The van der Waals surface area contributed by atoms with Gasteiger partial charge >= 0.3 is 0 Å². The van der Waals surface area contributed by atoms with Crippen LogP contribution < -0.4 is 5.32 Å². The standard InChI is InChI=1S/C25H30ClN3O2/c1-18-6-2-3-12-28(18)13-5-11-27-24(30)20-9-10-21-17-29(25(31)23(21)15-20)16-19-7-4-8-22(26)14-19/h4,7-10,14-15,18H,2-3,5-6,11-13,16-17H2,1H3,(H,27,30). The Morgan fingerprint density at radius 3 is 2.87 bits per heavy atom. The van der Waals surface area contributed by atoms with Crippen LogP contribution in [0.4, 0.5) is 0 Å². The molecule has 0 bridgehead atoms. The average Bonchev–Trinajstić information content (AvgIpc) is 3.07. The van der Waals surface area contributed by atoms with Gasteiger partial charge in [0.1, 0.15) is 0 Å². The van der Waals surface area contributed by atoms with Gasteiger partial charge in [-0.05, 0) is 68.1 Å². The van der Waals surface area contributed by atoms with Crippen molar-refractivity contribution in [3.05, 3.63) is 69.7 Å². The predicted molar refractivity (Wildman–Crippen MR) is 123 cm³/mol. The number of amides is 2. The lowest BCUT2D eigenvalue weighted by atomic mass is 10.0. The second kappa shape index (κ2) is 9.84. The van der Waals surface area contributed by atoms with E-state index < -0.39 is 0 Å². The first-order chi connectivity index (χ1) is 15.0. The molecule has 2 amide bonds. The van der Waals surface area contributed by atoms with Crippen molar-refractivity contribution in [2.45, 2.75) is 51.7 Å². The highest BCUT2D eigenvalue weighted by Gasteiger charge is 2.28. The van der Waals surface area contributed by atoms with Crippen LogP contribution in [0.5, 0.6) is 0 Å². The summed E-state index contributed by atoms with van der Waals surface area (Å²) in [4.78, 5) is 29.8. The quantitative estimate of drug-likeness (QED) is 0.646. The molecule has 164 valence electrons. The van der Waals surface area contributed by atoms with Gasteiger partial charge in [-0.3, -0.25) is 9.59 Å². The SMILES string of the molecule is CC1CCCCN1CCCNC(=O)c1ccc2c(c1)C(=O)N(Cc1cccc(Cl)c1)C2. The van der Waals surface area contributed by atoms with E-state index in [1.165, 1.54) is 19.3 Å². The zero-order chi connectivity index (χ0) is 21.8. The van der Waals surface area contributed by atoms with Crippen molar-refractivity contribution >= 4 is 23.4 Å². The minimum absolute atomic E-state index is 0.0382. The summed E-state index contributed by atoms with van der Waals surface area (Å²) in [6.45, 7) is 6.17. The number of fused-ring (bicyclic) bond motifs is 1. The van der Waals surface area contributed by atoms with E-state index in [9.17, 15) is 9.59 Å². The molecule has 0 aliphatic carbocycles. The molecule has 0 radical (unpaired) electrons. The van der Waals surface area contributed by atoms with Gasteiger partial charge < -0.3 is 15.1 Å². The van der Waals surface area contributed by atoms with E-state index in [4.69, 9.17) is 11.6 Å². The van der Waals surface area contributed by atoms with Crippen molar-refractivity contribution in [1.29, 1.82) is 0 Å². The van der Waals surface area contributed by atoms with Crippen molar-refractivity contribution in [2.24, 2.45) is 0 Å². The number of nitrogens with zero attached hydrogens (tertiary/aromatic N) is 2. The third-order valence-electron chi connectivity index (χ3n) is 6.36. The fourth-order valence-corrected chi connectivity index (χ4v) is 4.77. The van der Waals surface area contributed by atoms with E-state index in [1.807, 2.05) is 36.4 Å². The maximum absolute atomic E-state index is 12.9. The Morgan fingerprint density at radius 1 is 1.19 bits per heavy atom. The molecule has 2 aromatic carbocycles. The number of likely N-dealkylation sites (tertiary alicyclic amines) is 1. The van der Waals surface area contributed by atoms with Gasteiger partial charge in [0.2, 0.25) is 0 Å². The second-order valence-corrected chi connectivity index (χ2v) is 9.09. The molecule has 2 aliphatic heterocycles. The highest BCUT2D eigenvalue weighted by molar-refractivity contribution is 6.30. The van der Waals surface area contributed by atoms with Gasteiger partial charge in [0, 0.05) is 48.4 Å². The zero-order valence-electron chi connectivity index (χ0n) is 18.1. The van der Waals surface area contributed by atoms with Crippen molar-refractivity contribution < 1.29 is 9.59 Å². The number of hydrogen-bond donors (Lipinski definition) is 1. The fraction of sp³-hybridized carbons (Fsp3) is 0.440. The molecule has 1 unspecified atom stereocenters. The highest BCUT2D eigenvalue weighted by Crippen LogP contribution is 2.26. The van der Waals surface area contributed by atoms with Crippen molar-refractivity contribution in [1.82, 2.24) is 15.1 Å². The molecule has 31 heavy (non-hydrogen) atoms. The summed E-state index contributed by atoms with van der Waals surface area (Å²) >= 11 is 6.06. The highest BCUT2D eigenvalue weighted by atomic mass is 35.5. The van der Waals surface area contributed by atoms with Crippen LogP contribution in [0.2, 0.25) is 5.02 Å². The molecule has 0 saturated carbocycles. The van der Waals surface area contributed by atoms with Gasteiger partial charge in [-0.2, -0.15) is 0 Å². The molecule has 0 spiro atoms. The smallest absolute Gasteiger partial charge is 0.254 e. The van der Waals surface area contributed by atoms with Gasteiger partial charge in [0.25, 0.3) is 11.8 Å². The topological polar surface area (TPSA) is 52.7 Å². The van der Waals surface area contributed by atoms with Crippen LogP contribution in [0.1, 0.15) is 64.4 Å². The van der Waals surface area contributed by atoms with Gasteiger partial charge in [-0.1, -0.05) is 36.2 Å². The first kappa shape index (κ1) is 21.8. The van der Waals surface area contributed by atoms with Crippen LogP contribution in [0.3, 0.4) is 0 Å². The van der Waals surface area contributed by atoms with Crippen LogP contribution in [0, 0.1) is 0 Å². The molecule has 4 rings (SSSR count). The summed E-state index contributed by atoms with van der Waals surface area (Å²) < 4.78 is 0. The molecular weight excluding hydrogens is 410 g/mol. The molecule has 2 aromatic rings. The summed E-state index contributed by atoms with van der Waals surface area (Å²) in [5.41, 5.74) is 3.12. The lowest BCUT2D eigenvalue weighted by Gasteiger charge is -2.33. The Balaban J connectivity index is 1.31. The Hall–Kier alpha value is -2.37. The zero-order valence-corrected chi connectivity index (χ0v) is 18.8. The van der Waals surface area contributed by atoms with Crippen LogP contribution in [-0.4, -0.2) is 47.3 Å². The first-order valence-corrected chi connectivity index (χ1v) is 11.6. The summed E-state index contributed by atoms with van der Waals surface area (Å²) in [5, 5.41) is 3.67. The van der Waals surface area contributed by atoms with Crippen molar-refractivity contribution in [3.8, 4) is 0 Å². The number of piperidine rings is 1. The third-order valence-corrected chi connectivity index (χ3v) is 6.60. The maximum Gasteiger partial charge on any atom is 0.254 e. The predicted octanol–water partition coefficient (Wildman–Crippen LogP) is 4.49. The van der Waals surface area contributed by atoms with Gasteiger partial charge in [0.05, 0.1) is 0 Å². The lowest BCUT2D eigenvalue weighted by molar-refractivity contribution is 0.0766. The van der Waals surface area contributed by atoms with Gasteiger partial charge in [-0.25, -0.2) is 0 Å².